The van der Waals surface area contributed by atoms with E-state index in [-0.39, 0.29) is 25.9 Å². The fourth-order valence-corrected chi connectivity index (χ4v) is 9.39. The van der Waals surface area contributed by atoms with E-state index >= 15 is 0 Å². The molecule has 454 valence electrons. The molecule has 0 bridgehead atoms. The number of aliphatic hydroxyl groups excluding tert-OH is 2. The zero-order valence-corrected chi connectivity index (χ0v) is 50.1. The Hall–Kier alpha value is -3.84. The summed E-state index contributed by atoms with van der Waals surface area (Å²) in [5.41, 5.74) is 0. The predicted octanol–water partition coefficient (Wildman–Crippen LogP) is 16.9. The monoisotopic (exact) mass is 1110 g/mol. The van der Waals surface area contributed by atoms with Gasteiger partial charge in [0.2, 0.25) is 0 Å². The molecular weight excluding hydrogens is 997 g/mol. The minimum Gasteiger partial charge on any atom is -0.479 e. The zero-order valence-electron chi connectivity index (χ0n) is 50.1. The maximum Gasteiger partial charge on any atom is 0.335 e. The summed E-state index contributed by atoms with van der Waals surface area (Å²) in [6, 6.07) is 0. The molecule has 0 aromatic rings. The molecule has 0 radical (unpaired) electrons. The molecule has 6 atom stereocenters. The molecule has 1 aliphatic heterocycles. The number of hydrogen-bond acceptors (Lipinski definition) is 11. The average molecular weight is 1110 g/mol. The van der Waals surface area contributed by atoms with Crippen LogP contribution in [0.15, 0.2) is 72.9 Å². The van der Waals surface area contributed by atoms with E-state index in [1.165, 1.54) is 96.3 Å². The van der Waals surface area contributed by atoms with Crippen molar-refractivity contribution in [3.05, 3.63) is 72.9 Å². The van der Waals surface area contributed by atoms with Crippen molar-refractivity contribution in [3.8, 4) is 0 Å². The molecular formula is C67H114O12. The van der Waals surface area contributed by atoms with Gasteiger partial charge >= 0.3 is 23.9 Å². The molecule has 12 heteroatoms. The highest BCUT2D eigenvalue weighted by molar-refractivity contribution is 5.74. The van der Waals surface area contributed by atoms with Crippen LogP contribution in [0.25, 0.3) is 0 Å². The summed E-state index contributed by atoms with van der Waals surface area (Å²) >= 11 is 0. The molecule has 0 amide bonds. The Morgan fingerprint density at radius 2 is 0.797 bits per heavy atom. The van der Waals surface area contributed by atoms with E-state index in [2.05, 4.69) is 93.7 Å². The number of rotatable bonds is 54. The quantitative estimate of drug-likeness (QED) is 0.0228. The highest BCUT2D eigenvalue weighted by Crippen LogP contribution is 2.27. The van der Waals surface area contributed by atoms with Gasteiger partial charge in [-0.3, -0.25) is 14.4 Å². The van der Waals surface area contributed by atoms with Gasteiger partial charge in [0.1, 0.15) is 18.8 Å². The fraction of sp³-hybridized carbons (Fsp3) is 0.761. The number of carboxylic acids is 1. The van der Waals surface area contributed by atoms with Gasteiger partial charge in [-0.25, -0.2) is 4.79 Å². The van der Waals surface area contributed by atoms with Crippen LogP contribution in [0.2, 0.25) is 0 Å². The zero-order chi connectivity index (χ0) is 57.5. The van der Waals surface area contributed by atoms with Crippen molar-refractivity contribution in [3.63, 3.8) is 0 Å². The van der Waals surface area contributed by atoms with Crippen molar-refractivity contribution >= 4 is 23.9 Å². The van der Waals surface area contributed by atoms with Crippen molar-refractivity contribution in [2.75, 3.05) is 13.2 Å². The second-order valence-corrected chi connectivity index (χ2v) is 21.7. The molecule has 1 heterocycles. The molecule has 0 aromatic heterocycles. The second-order valence-electron chi connectivity index (χ2n) is 21.7. The Labute approximate surface area is 480 Å². The average Bonchev–Trinajstić information content (AvgIpc) is 3.46. The summed E-state index contributed by atoms with van der Waals surface area (Å²) in [5, 5.41) is 31.6. The van der Waals surface area contributed by atoms with E-state index in [4.69, 9.17) is 23.7 Å². The normalized spacial score (nSPS) is 18.3. The lowest BCUT2D eigenvalue weighted by Crippen LogP contribution is -2.61. The summed E-state index contributed by atoms with van der Waals surface area (Å²) < 4.78 is 28.5. The smallest absolute Gasteiger partial charge is 0.335 e. The fourth-order valence-electron chi connectivity index (χ4n) is 9.39. The van der Waals surface area contributed by atoms with Crippen molar-refractivity contribution < 1.29 is 58.2 Å². The van der Waals surface area contributed by atoms with Gasteiger partial charge in [0, 0.05) is 19.3 Å². The molecule has 3 N–H and O–H groups in total. The molecule has 1 aliphatic rings. The summed E-state index contributed by atoms with van der Waals surface area (Å²) in [6.07, 6.45) is 57.1. The van der Waals surface area contributed by atoms with Gasteiger partial charge in [-0.15, -0.1) is 0 Å². The van der Waals surface area contributed by atoms with Gasteiger partial charge in [-0.2, -0.15) is 0 Å². The third kappa shape index (κ3) is 44.5. The molecule has 1 rings (SSSR count). The Bertz CT molecular complexity index is 1650. The van der Waals surface area contributed by atoms with E-state index in [1.54, 1.807) is 0 Å². The summed E-state index contributed by atoms with van der Waals surface area (Å²) in [7, 11) is 0. The summed E-state index contributed by atoms with van der Waals surface area (Å²) in [4.78, 5) is 51.3. The SMILES string of the molecule is CC/C=C\C/C=C\C/C=C\C/C=C\CCCCCCC(=O)OCC(COC1OC(C(=O)O)C(O)C(O)C1OC(=O)CCCCCCCCCCCCCCCCC)OC(=O)CCCCCCCCC/C=C\C/C=C\CCCCC. The van der Waals surface area contributed by atoms with E-state index in [0.29, 0.717) is 19.3 Å². The van der Waals surface area contributed by atoms with Crippen LogP contribution in [0.1, 0.15) is 278 Å². The van der Waals surface area contributed by atoms with Crippen LogP contribution in [0.4, 0.5) is 0 Å². The van der Waals surface area contributed by atoms with Gasteiger partial charge in [-0.1, -0.05) is 241 Å². The van der Waals surface area contributed by atoms with Crippen molar-refractivity contribution in [1.29, 1.82) is 0 Å². The first-order valence-corrected chi connectivity index (χ1v) is 31.9. The largest absolute Gasteiger partial charge is 0.479 e. The van der Waals surface area contributed by atoms with E-state index < -0.39 is 67.3 Å². The Morgan fingerprint density at radius 1 is 0.430 bits per heavy atom. The predicted molar refractivity (Wildman–Crippen MR) is 322 cm³/mol. The number of ether oxygens (including phenoxy) is 5. The lowest BCUT2D eigenvalue weighted by molar-refractivity contribution is -0.301. The van der Waals surface area contributed by atoms with E-state index in [0.717, 1.165) is 122 Å². The maximum absolute atomic E-state index is 13.2. The summed E-state index contributed by atoms with van der Waals surface area (Å²) in [5.74, 6) is -3.15. The van der Waals surface area contributed by atoms with E-state index in [9.17, 15) is 34.5 Å². The molecule has 79 heavy (non-hydrogen) atoms. The van der Waals surface area contributed by atoms with Gasteiger partial charge in [0.05, 0.1) is 6.61 Å². The molecule has 0 aliphatic carbocycles. The molecule has 0 aromatic carbocycles. The molecule has 12 nitrogen and oxygen atoms in total. The first-order valence-electron chi connectivity index (χ1n) is 31.9. The highest BCUT2D eigenvalue weighted by atomic mass is 16.7. The van der Waals surface area contributed by atoms with Crippen LogP contribution in [0.3, 0.4) is 0 Å². The van der Waals surface area contributed by atoms with Crippen LogP contribution in [0, 0.1) is 0 Å². The minimum atomic E-state index is -1.91. The second kappa shape index (κ2) is 54.7. The van der Waals surface area contributed by atoms with Crippen molar-refractivity contribution in [1.82, 2.24) is 0 Å². The highest BCUT2D eigenvalue weighted by Gasteiger charge is 2.50. The van der Waals surface area contributed by atoms with Crippen LogP contribution in [-0.4, -0.2) is 89.2 Å². The number of allylic oxidation sites excluding steroid dienone is 12. The number of unbranched alkanes of at least 4 members (excludes halogenated alkanes) is 28. The van der Waals surface area contributed by atoms with Crippen LogP contribution in [0.5, 0.6) is 0 Å². The number of carbonyl (C=O) groups excluding carboxylic acids is 3. The third-order valence-electron chi connectivity index (χ3n) is 14.3. The molecule has 6 unspecified atom stereocenters. The molecule has 1 saturated heterocycles. The van der Waals surface area contributed by atoms with Crippen LogP contribution in [-0.2, 0) is 42.9 Å². The minimum absolute atomic E-state index is 0.0588. The van der Waals surface area contributed by atoms with Gasteiger partial charge < -0.3 is 39.0 Å². The topological polar surface area (TPSA) is 175 Å². The number of aliphatic hydroxyl groups is 2. The first-order chi connectivity index (χ1) is 38.6. The standard InChI is InChI=1S/C67H114O12/c1-4-7-10-13-16-19-22-25-28-30-33-35-38-41-44-47-50-53-59(68)75-56-58(77-60(69)54-51-48-45-42-39-37-34-31-29-26-23-20-17-14-11-8-5-2)57-76-67-65(63(72)62(71)64(79-67)66(73)74)78-61(70)55-52-49-46-43-40-36-32-27-24-21-18-15-12-9-6-3/h7,10,16-17,19-20,25-26,28-29,33,35,58,62-65,67,71-72H,4-6,8-9,11-15,18,21-24,27,30-32,34,36-57H2,1-3H3,(H,73,74)/b10-7-,19-16-,20-17-,28-25-,29-26-,35-33-. The lowest BCUT2D eigenvalue weighted by atomic mass is 9.98. The lowest BCUT2D eigenvalue weighted by Gasteiger charge is -2.40. The third-order valence-corrected chi connectivity index (χ3v) is 14.3. The Morgan fingerprint density at radius 3 is 1.24 bits per heavy atom. The Kier molecular flexibility index (Phi) is 50.7. The molecule has 0 spiro atoms. The summed E-state index contributed by atoms with van der Waals surface area (Å²) in [6.45, 7) is 5.85. The number of hydrogen-bond donors (Lipinski definition) is 3. The van der Waals surface area contributed by atoms with E-state index in [1.807, 2.05) is 0 Å². The van der Waals surface area contributed by atoms with Crippen molar-refractivity contribution in [2.45, 2.75) is 314 Å². The van der Waals surface area contributed by atoms with Gasteiger partial charge in [0.25, 0.3) is 0 Å². The van der Waals surface area contributed by atoms with Crippen LogP contribution < -0.4 is 0 Å². The first kappa shape index (κ1) is 73.2. The molecule has 0 saturated carbocycles. The molecule has 1 fully saturated rings. The van der Waals surface area contributed by atoms with Gasteiger partial charge in [0.15, 0.2) is 24.6 Å². The number of carboxylic acid groups (broad SMARTS) is 1. The van der Waals surface area contributed by atoms with Crippen LogP contribution >= 0.6 is 0 Å². The van der Waals surface area contributed by atoms with Gasteiger partial charge in [-0.05, 0) is 89.9 Å². The number of carbonyl (C=O) groups is 4. The number of esters is 3. The number of aliphatic carboxylic acids is 1. The van der Waals surface area contributed by atoms with Crippen molar-refractivity contribution in [2.24, 2.45) is 0 Å². The maximum atomic E-state index is 13.2. The Balaban J connectivity index is 2.69.